The van der Waals surface area contributed by atoms with E-state index in [-0.39, 0.29) is 24.3 Å². The van der Waals surface area contributed by atoms with E-state index in [0.29, 0.717) is 24.5 Å². The van der Waals surface area contributed by atoms with Crippen LogP contribution in [-0.4, -0.2) is 48.7 Å². The molecule has 1 aromatic carbocycles. The van der Waals surface area contributed by atoms with Crippen molar-refractivity contribution in [2.75, 3.05) is 7.05 Å². The van der Waals surface area contributed by atoms with Gasteiger partial charge in [-0.1, -0.05) is 71.0 Å². The molecule has 0 fully saturated rings. The van der Waals surface area contributed by atoms with Crippen molar-refractivity contribution in [1.82, 2.24) is 21.3 Å². The molecule has 1 rings (SSSR count). The fourth-order valence-electron chi connectivity index (χ4n) is 3.66. The molecule has 0 spiro atoms. The quantitative estimate of drug-likeness (QED) is 0.327. The second-order valence-electron chi connectivity index (χ2n) is 10.7. The summed E-state index contributed by atoms with van der Waals surface area (Å²) in [6.45, 7) is 17.3. The zero-order chi connectivity index (χ0) is 27.5. The van der Waals surface area contributed by atoms with Crippen LogP contribution in [0.1, 0.15) is 66.9 Å². The molecule has 1 unspecified atom stereocenters. The molecule has 0 aromatic heterocycles. The van der Waals surface area contributed by atoms with Crippen molar-refractivity contribution in [3.63, 3.8) is 0 Å². The maximum Gasteiger partial charge on any atom is 0.408 e. The van der Waals surface area contributed by atoms with Crippen LogP contribution < -0.4 is 21.3 Å². The van der Waals surface area contributed by atoms with E-state index >= 15 is 0 Å². The third-order valence-electron chi connectivity index (χ3n) is 5.85. The first-order valence-corrected chi connectivity index (χ1v) is 12.8. The van der Waals surface area contributed by atoms with E-state index in [2.05, 4.69) is 41.7 Å². The van der Waals surface area contributed by atoms with E-state index in [4.69, 9.17) is 4.74 Å². The highest BCUT2D eigenvalue weighted by molar-refractivity contribution is 5.91. The molecule has 0 aliphatic heterocycles. The van der Waals surface area contributed by atoms with E-state index in [1.54, 1.807) is 27.8 Å². The smallest absolute Gasteiger partial charge is 0.408 e. The summed E-state index contributed by atoms with van der Waals surface area (Å²) in [6.07, 6.45) is 0.963. The number of hydrogen-bond donors (Lipinski definition) is 4. The van der Waals surface area contributed by atoms with Gasteiger partial charge in [0, 0.05) is 19.2 Å². The number of ether oxygens (including phenoxy) is 1. The van der Waals surface area contributed by atoms with E-state index in [0.717, 1.165) is 5.56 Å². The van der Waals surface area contributed by atoms with Crippen LogP contribution in [0, 0.1) is 11.8 Å². The molecule has 1 aromatic rings. The van der Waals surface area contributed by atoms with Gasteiger partial charge in [0.15, 0.2) is 0 Å². The van der Waals surface area contributed by atoms with E-state index in [1.807, 2.05) is 44.2 Å². The standard InChI is InChI=1S/C28H46N4O4/c1-10-19(4)24(26(34)30-22(16-18(2)3)20(5)29-9)32-25(33)23(17-21-14-12-11-13-15-21)31-27(35)36-28(6,7)8/h11-15,18-19,22-24,29H,5,10,16-17H2,1-4,6-9H3,(H,30,34)(H,31,35)(H,32,33)/t19?,22-,23-,24-/m0/s1. The molecule has 0 aliphatic carbocycles. The molecule has 0 radical (unpaired) electrons. The molecule has 0 aliphatic rings. The van der Waals surface area contributed by atoms with Crippen molar-refractivity contribution in [3.8, 4) is 0 Å². The van der Waals surface area contributed by atoms with Gasteiger partial charge in [0.2, 0.25) is 11.8 Å². The van der Waals surface area contributed by atoms with Crippen LogP contribution in [0.2, 0.25) is 0 Å². The number of nitrogens with one attached hydrogen (secondary N) is 4. The lowest BCUT2D eigenvalue weighted by Crippen LogP contribution is -2.58. The van der Waals surface area contributed by atoms with Crippen molar-refractivity contribution < 1.29 is 19.1 Å². The average Bonchev–Trinajstić information content (AvgIpc) is 2.79. The zero-order valence-electron chi connectivity index (χ0n) is 23.2. The maximum absolute atomic E-state index is 13.4. The minimum atomic E-state index is -0.916. The number of alkyl carbamates (subject to hydrolysis) is 1. The normalized spacial score (nSPS) is 14.7. The summed E-state index contributed by atoms with van der Waals surface area (Å²) in [7, 11) is 1.77. The summed E-state index contributed by atoms with van der Waals surface area (Å²) >= 11 is 0. The highest BCUT2D eigenvalue weighted by Gasteiger charge is 2.32. The first-order valence-electron chi connectivity index (χ1n) is 12.8. The van der Waals surface area contributed by atoms with Gasteiger partial charge in [-0.3, -0.25) is 9.59 Å². The molecule has 8 nitrogen and oxygen atoms in total. The minimum Gasteiger partial charge on any atom is -0.444 e. The molecule has 0 heterocycles. The molecular formula is C28H46N4O4. The van der Waals surface area contributed by atoms with Gasteiger partial charge in [0.1, 0.15) is 17.7 Å². The minimum absolute atomic E-state index is 0.129. The van der Waals surface area contributed by atoms with Gasteiger partial charge in [0.05, 0.1) is 6.04 Å². The van der Waals surface area contributed by atoms with Crippen LogP contribution in [0.5, 0.6) is 0 Å². The van der Waals surface area contributed by atoms with Crippen molar-refractivity contribution in [3.05, 3.63) is 48.2 Å². The van der Waals surface area contributed by atoms with Crippen LogP contribution in [0.15, 0.2) is 42.6 Å². The van der Waals surface area contributed by atoms with E-state index in [9.17, 15) is 14.4 Å². The second kappa shape index (κ2) is 14.5. The average molecular weight is 503 g/mol. The molecule has 202 valence electrons. The first-order chi connectivity index (χ1) is 16.8. The van der Waals surface area contributed by atoms with Crippen molar-refractivity contribution >= 4 is 17.9 Å². The van der Waals surface area contributed by atoms with Crippen LogP contribution in [0.3, 0.4) is 0 Å². The summed E-state index contributed by atoms with van der Waals surface area (Å²) < 4.78 is 5.38. The Balaban J connectivity index is 3.13. The van der Waals surface area contributed by atoms with Gasteiger partial charge in [-0.25, -0.2) is 4.79 Å². The largest absolute Gasteiger partial charge is 0.444 e. The molecule has 3 amide bonds. The monoisotopic (exact) mass is 502 g/mol. The summed E-state index contributed by atoms with van der Waals surface area (Å²) in [5, 5.41) is 11.7. The van der Waals surface area contributed by atoms with Crippen molar-refractivity contribution in [2.45, 2.75) is 91.5 Å². The topological polar surface area (TPSA) is 109 Å². The third-order valence-corrected chi connectivity index (χ3v) is 5.85. The summed E-state index contributed by atoms with van der Waals surface area (Å²) in [4.78, 5) is 39.3. The Morgan fingerprint density at radius 1 is 0.944 bits per heavy atom. The summed E-state index contributed by atoms with van der Waals surface area (Å²) in [5.74, 6) is -0.519. The van der Waals surface area contributed by atoms with Crippen molar-refractivity contribution in [2.24, 2.45) is 11.8 Å². The van der Waals surface area contributed by atoms with Gasteiger partial charge in [0.25, 0.3) is 0 Å². The Morgan fingerprint density at radius 3 is 2.06 bits per heavy atom. The van der Waals surface area contributed by atoms with Crippen LogP contribution in [0.25, 0.3) is 0 Å². The predicted molar refractivity (Wildman–Crippen MR) is 144 cm³/mol. The number of rotatable bonds is 13. The second-order valence-corrected chi connectivity index (χ2v) is 10.7. The Bertz CT molecular complexity index is 864. The lowest BCUT2D eigenvalue weighted by molar-refractivity contribution is -0.131. The fraction of sp³-hybridized carbons (Fsp3) is 0.607. The molecule has 0 saturated heterocycles. The Labute approximate surface area is 217 Å². The van der Waals surface area contributed by atoms with E-state index < -0.39 is 29.7 Å². The molecular weight excluding hydrogens is 456 g/mol. The number of benzene rings is 1. The Hall–Kier alpha value is -3.03. The molecule has 4 atom stereocenters. The highest BCUT2D eigenvalue weighted by Crippen LogP contribution is 2.14. The first kappa shape index (κ1) is 31.0. The van der Waals surface area contributed by atoms with E-state index in [1.165, 1.54) is 0 Å². The number of carbonyl (C=O) groups excluding carboxylic acids is 3. The van der Waals surface area contributed by atoms with Crippen LogP contribution in [0.4, 0.5) is 4.79 Å². The number of likely N-dealkylation sites (N-methyl/N-ethyl adjacent to an activating group) is 1. The van der Waals surface area contributed by atoms with Crippen molar-refractivity contribution in [1.29, 1.82) is 0 Å². The number of amides is 3. The maximum atomic E-state index is 13.4. The number of hydrogen-bond acceptors (Lipinski definition) is 5. The molecule has 36 heavy (non-hydrogen) atoms. The van der Waals surface area contributed by atoms with Crippen LogP contribution in [-0.2, 0) is 20.7 Å². The van der Waals surface area contributed by atoms with Gasteiger partial charge >= 0.3 is 6.09 Å². The Morgan fingerprint density at radius 2 is 1.56 bits per heavy atom. The van der Waals surface area contributed by atoms with Gasteiger partial charge in [-0.15, -0.1) is 0 Å². The van der Waals surface area contributed by atoms with Crippen LogP contribution >= 0.6 is 0 Å². The Kier molecular flexibility index (Phi) is 12.5. The van der Waals surface area contributed by atoms with Gasteiger partial charge in [-0.05, 0) is 44.6 Å². The SMILES string of the molecule is C=C(NC)[C@H](CC(C)C)NC(=O)[C@@H](NC(=O)[C@H](Cc1ccccc1)NC(=O)OC(C)(C)C)C(C)CC. The molecule has 4 N–H and O–H groups in total. The summed E-state index contributed by atoms with van der Waals surface area (Å²) in [6, 6.07) is 7.43. The lowest BCUT2D eigenvalue weighted by Gasteiger charge is -2.30. The highest BCUT2D eigenvalue weighted by atomic mass is 16.6. The molecule has 8 heteroatoms. The third kappa shape index (κ3) is 11.1. The molecule has 0 bridgehead atoms. The number of carbonyl (C=O) groups is 3. The predicted octanol–water partition coefficient (Wildman–Crippen LogP) is 3.92. The van der Waals surface area contributed by atoms with Gasteiger partial charge < -0.3 is 26.0 Å². The zero-order valence-corrected chi connectivity index (χ0v) is 23.2. The lowest BCUT2D eigenvalue weighted by atomic mass is 9.95. The fourth-order valence-corrected chi connectivity index (χ4v) is 3.66. The molecule has 0 saturated carbocycles. The van der Waals surface area contributed by atoms with Gasteiger partial charge in [-0.2, -0.15) is 0 Å². The summed E-state index contributed by atoms with van der Waals surface area (Å²) in [5.41, 5.74) is 0.874.